The van der Waals surface area contributed by atoms with Crippen molar-refractivity contribution in [2.45, 2.75) is 24.9 Å². The molecule has 3 rings (SSSR count). The van der Waals surface area contributed by atoms with Gasteiger partial charge in [0.05, 0.1) is 11.9 Å². The summed E-state index contributed by atoms with van der Waals surface area (Å²) < 4.78 is 5.31. The molecule has 0 bridgehead atoms. The Morgan fingerprint density at radius 1 is 1.29 bits per heavy atom. The van der Waals surface area contributed by atoms with E-state index in [0.717, 1.165) is 35.8 Å². The molecule has 2 heteroatoms. The monoisotopic (exact) mass is 188 g/mol. The average molecular weight is 188 g/mol. The van der Waals surface area contributed by atoms with Gasteiger partial charge in [-0.25, -0.2) is 0 Å². The lowest BCUT2D eigenvalue weighted by atomic mass is 10.1. The van der Waals surface area contributed by atoms with Crippen LogP contribution in [0.5, 0.6) is 0 Å². The lowest BCUT2D eigenvalue weighted by Crippen LogP contribution is -2.10. The van der Waals surface area contributed by atoms with E-state index in [1.165, 1.54) is 0 Å². The van der Waals surface area contributed by atoms with Gasteiger partial charge in [-0.05, 0) is 30.5 Å². The van der Waals surface area contributed by atoms with E-state index in [0.29, 0.717) is 0 Å². The Bertz CT molecular complexity index is 466. The van der Waals surface area contributed by atoms with Crippen molar-refractivity contribution in [2.24, 2.45) is 0 Å². The first-order chi connectivity index (χ1) is 6.75. The first kappa shape index (κ1) is 8.06. The lowest BCUT2D eigenvalue weighted by Gasteiger charge is -2.06. The van der Waals surface area contributed by atoms with Crippen LogP contribution in [0.2, 0.25) is 0 Å². The van der Waals surface area contributed by atoms with Crippen LogP contribution in [0.15, 0.2) is 34.9 Å². The van der Waals surface area contributed by atoms with Gasteiger partial charge in [0.15, 0.2) is 0 Å². The summed E-state index contributed by atoms with van der Waals surface area (Å²) in [6.45, 7) is 0. The maximum atomic E-state index is 9.77. The molecule has 1 saturated carbocycles. The second-order valence-electron chi connectivity index (χ2n) is 4.19. The molecule has 1 aliphatic rings. The summed E-state index contributed by atoms with van der Waals surface area (Å²) in [5.74, 6) is 0. The number of benzene rings is 1. The predicted molar refractivity (Wildman–Crippen MR) is 54.1 cm³/mol. The van der Waals surface area contributed by atoms with Crippen LogP contribution < -0.4 is 0 Å². The smallest absolute Gasteiger partial charge is 0.134 e. The maximum Gasteiger partial charge on any atom is 0.134 e. The normalized spacial score (nSPS) is 18.6. The van der Waals surface area contributed by atoms with Gasteiger partial charge in [0.25, 0.3) is 0 Å². The fourth-order valence-electron chi connectivity index (χ4n) is 1.81. The molecule has 0 atom stereocenters. The summed E-state index contributed by atoms with van der Waals surface area (Å²) >= 11 is 0. The lowest BCUT2D eigenvalue weighted by molar-refractivity contribution is 0.151. The van der Waals surface area contributed by atoms with Crippen molar-refractivity contribution >= 4 is 11.0 Å². The second kappa shape index (κ2) is 2.61. The molecule has 2 nitrogen and oxygen atoms in total. The van der Waals surface area contributed by atoms with Gasteiger partial charge in [0.2, 0.25) is 0 Å². The summed E-state index contributed by atoms with van der Waals surface area (Å²) in [5, 5.41) is 10.9. The Kier molecular flexibility index (Phi) is 1.50. The van der Waals surface area contributed by atoms with E-state index >= 15 is 0 Å². The zero-order valence-electron chi connectivity index (χ0n) is 7.86. The molecule has 1 aliphatic carbocycles. The Hall–Kier alpha value is -1.28. The Morgan fingerprint density at radius 3 is 2.93 bits per heavy atom. The molecule has 1 aromatic heterocycles. The van der Waals surface area contributed by atoms with Crippen LogP contribution in [0.1, 0.15) is 18.4 Å². The van der Waals surface area contributed by atoms with Gasteiger partial charge in [-0.2, -0.15) is 0 Å². The van der Waals surface area contributed by atoms with Gasteiger partial charge >= 0.3 is 0 Å². The molecule has 14 heavy (non-hydrogen) atoms. The first-order valence-electron chi connectivity index (χ1n) is 4.94. The predicted octanol–water partition coefficient (Wildman–Crippen LogP) is 2.50. The van der Waals surface area contributed by atoms with Crippen molar-refractivity contribution < 1.29 is 9.52 Å². The first-order valence-corrected chi connectivity index (χ1v) is 4.94. The topological polar surface area (TPSA) is 33.4 Å². The highest BCUT2D eigenvalue weighted by Crippen LogP contribution is 2.38. The van der Waals surface area contributed by atoms with E-state index < -0.39 is 5.60 Å². The number of fused-ring (bicyclic) bond motifs is 1. The van der Waals surface area contributed by atoms with E-state index in [2.05, 4.69) is 6.07 Å². The maximum absolute atomic E-state index is 9.77. The van der Waals surface area contributed by atoms with Crippen molar-refractivity contribution in [3.05, 3.63) is 36.1 Å². The molecule has 0 unspecified atom stereocenters. The number of furan rings is 1. The molecule has 0 spiro atoms. The fourth-order valence-corrected chi connectivity index (χ4v) is 1.81. The van der Waals surface area contributed by atoms with Gasteiger partial charge in [-0.15, -0.1) is 0 Å². The SMILES string of the molecule is OC1(Cc2ccc3ccoc3c2)CC1. The summed E-state index contributed by atoms with van der Waals surface area (Å²) in [4.78, 5) is 0. The summed E-state index contributed by atoms with van der Waals surface area (Å²) in [6, 6.07) is 8.07. The average Bonchev–Trinajstić information content (AvgIpc) is 2.73. The third-order valence-electron chi connectivity index (χ3n) is 2.88. The van der Waals surface area contributed by atoms with Crippen LogP contribution >= 0.6 is 0 Å². The van der Waals surface area contributed by atoms with Gasteiger partial charge in [0.1, 0.15) is 5.58 Å². The number of hydrogen-bond acceptors (Lipinski definition) is 2. The summed E-state index contributed by atoms with van der Waals surface area (Å²) in [7, 11) is 0. The number of hydrogen-bond donors (Lipinski definition) is 1. The zero-order valence-corrected chi connectivity index (χ0v) is 7.86. The highest BCUT2D eigenvalue weighted by Gasteiger charge is 2.40. The molecule has 0 amide bonds. The fraction of sp³-hybridized carbons (Fsp3) is 0.333. The quantitative estimate of drug-likeness (QED) is 0.785. The van der Waals surface area contributed by atoms with Crippen LogP contribution in [0, 0.1) is 0 Å². The van der Waals surface area contributed by atoms with E-state index in [-0.39, 0.29) is 0 Å². The largest absolute Gasteiger partial charge is 0.464 e. The second-order valence-corrected chi connectivity index (χ2v) is 4.19. The molecular weight excluding hydrogens is 176 g/mol. The van der Waals surface area contributed by atoms with Crippen LogP contribution in [0.25, 0.3) is 11.0 Å². The Balaban J connectivity index is 1.97. The Labute approximate surface area is 82.2 Å². The molecule has 0 radical (unpaired) electrons. The van der Waals surface area contributed by atoms with Gasteiger partial charge in [-0.1, -0.05) is 12.1 Å². The van der Waals surface area contributed by atoms with Gasteiger partial charge in [0, 0.05) is 11.8 Å². The standard InChI is InChI=1S/C12H12O2/c13-12(4-5-12)8-9-1-2-10-3-6-14-11(10)7-9/h1-3,6-7,13H,4-5,8H2. The van der Waals surface area contributed by atoms with Crippen LogP contribution in [-0.2, 0) is 6.42 Å². The van der Waals surface area contributed by atoms with E-state index in [9.17, 15) is 5.11 Å². The van der Waals surface area contributed by atoms with Crippen LogP contribution in [-0.4, -0.2) is 10.7 Å². The van der Waals surface area contributed by atoms with Crippen molar-refractivity contribution in [1.82, 2.24) is 0 Å². The third kappa shape index (κ3) is 1.32. The molecule has 2 aromatic rings. The molecule has 1 fully saturated rings. The minimum absolute atomic E-state index is 0.416. The number of rotatable bonds is 2. The highest BCUT2D eigenvalue weighted by molar-refractivity contribution is 5.77. The van der Waals surface area contributed by atoms with Crippen molar-refractivity contribution in [2.75, 3.05) is 0 Å². The van der Waals surface area contributed by atoms with E-state index in [1.54, 1.807) is 6.26 Å². The summed E-state index contributed by atoms with van der Waals surface area (Å²) in [5.41, 5.74) is 1.65. The molecule has 1 aromatic carbocycles. The minimum Gasteiger partial charge on any atom is -0.464 e. The van der Waals surface area contributed by atoms with Gasteiger partial charge < -0.3 is 9.52 Å². The van der Waals surface area contributed by atoms with Crippen molar-refractivity contribution in [1.29, 1.82) is 0 Å². The molecule has 1 N–H and O–H groups in total. The van der Waals surface area contributed by atoms with Gasteiger partial charge in [-0.3, -0.25) is 0 Å². The molecule has 1 heterocycles. The van der Waals surface area contributed by atoms with E-state index in [1.807, 2.05) is 18.2 Å². The van der Waals surface area contributed by atoms with Crippen LogP contribution in [0.4, 0.5) is 0 Å². The molecule has 0 aliphatic heterocycles. The highest BCUT2D eigenvalue weighted by atomic mass is 16.3. The van der Waals surface area contributed by atoms with Crippen LogP contribution in [0.3, 0.4) is 0 Å². The molecule has 72 valence electrons. The Morgan fingerprint density at radius 2 is 2.14 bits per heavy atom. The zero-order chi connectivity index (χ0) is 9.60. The molecule has 0 saturated heterocycles. The van der Waals surface area contributed by atoms with Crippen molar-refractivity contribution in [3.63, 3.8) is 0 Å². The van der Waals surface area contributed by atoms with E-state index in [4.69, 9.17) is 4.42 Å². The minimum atomic E-state index is -0.416. The summed E-state index contributed by atoms with van der Waals surface area (Å²) in [6.07, 6.45) is 4.32. The van der Waals surface area contributed by atoms with Crippen molar-refractivity contribution in [3.8, 4) is 0 Å². The third-order valence-corrected chi connectivity index (χ3v) is 2.88. The molecular formula is C12H12O2. The number of aliphatic hydroxyl groups is 1.